The van der Waals surface area contributed by atoms with Gasteiger partial charge in [0.15, 0.2) is 11.5 Å². The summed E-state index contributed by atoms with van der Waals surface area (Å²) in [5.74, 6) is -2.43. The maximum atomic E-state index is 14.4. The van der Waals surface area contributed by atoms with Gasteiger partial charge >= 0.3 is 0 Å². The Bertz CT molecular complexity index is 1220. The van der Waals surface area contributed by atoms with Gasteiger partial charge in [-0.15, -0.1) is 0 Å². The van der Waals surface area contributed by atoms with Crippen molar-refractivity contribution in [3.63, 3.8) is 0 Å². The Morgan fingerprint density at radius 1 is 1.27 bits per heavy atom. The molecular formula is C20H19F3N6O. The number of methoxy groups -OCH3 is 1. The number of aromatic nitrogens is 5. The lowest BCUT2D eigenvalue weighted by atomic mass is 9.92. The molecule has 2 N–H and O–H groups in total. The van der Waals surface area contributed by atoms with Crippen LogP contribution in [0.3, 0.4) is 0 Å². The van der Waals surface area contributed by atoms with Gasteiger partial charge < -0.3 is 19.4 Å². The first kappa shape index (κ1) is 18.7. The average Bonchev–Trinajstić information content (AvgIpc) is 3.36. The van der Waals surface area contributed by atoms with Gasteiger partial charge in [-0.3, -0.25) is 0 Å². The van der Waals surface area contributed by atoms with E-state index in [1.54, 1.807) is 23.0 Å². The van der Waals surface area contributed by atoms with E-state index >= 15 is 0 Å². The summed E-state index contributed by atoms with van der Waals surface area (Å²) in [6.07, 6.45) is 7.05. The van der Waals surface area contributed by atoms with Crippen molar-refractivity contribution in [2.24, 2.45) is 0 Å². The number of alkyl halides is 2. The third kappa shape index (κ3) is 3.21. The first-order chi connectivity index (χ1) is 14.4. The summed E-state index contributed by atoms with van der Waals surface area (Å²) in [5, 5.41) is 3.74. The Morgan fingerprint density at radius 3 is 2.83 bits per heavy atom. The minimum Gasteiger partial charge on any atom is -0.480 e. The van der Waals surface area contributed by atoms with Crippen molar-refractivity contribution in [3.8, 4) is 17.0 Å². The van der Waals surface area contributed by atoms with E-state index in [2.05, 4.69) is 25.3 Å². The van der Waals surface area contributed by atoms with Crippen molar-refractivity contribution in [2.75, 3.05) is 12.4 Å². The van der Waals surface area contributed by atoms with Gasteiger partial charge in [-0.1, -0.05) is 0 Å². The van der Waals surface area contributed by atoms with E-state index in [1.165, 1.54) is 19.4 Å². The Labute approximate surface area is 169 Å². The molecule has 10 heteroatoms. The minimum atomic E-state index is -2.60. The van der Waals surface area contributed by atoms with E-state index in [-0.39, 0.29) is 24.5 Å². The molecule has 0 bridgehead atoms. The molecule has 1 aliphatic rings. The maximum absolute atomic E-state index is 14.4. The second-order valence-corrected chi connectivity index (χ2v) is 7.49. The summed E-state index contributed by atoms with van der Waals surface area (Å²) in [5.41, 5.74) is 2.04. The molecule has 0 atom stereocenters. The first-order valence-corrected chi connectivity index (χ1v) is 9.63. The molecule has 0 spiro atoms. The number of H-pyrrole nitrogens is 1. The summed E-state index contributed by atoms with van der Waals surface area (Å²) in [7, 11) is 1.49. The molecule has 0 saturated heterocycles. The van der Waals surface area contributed by atoms with Gasteiger partial charge in [0.05, 0.1) is 12.5 Å². The number of fused-ring (bicyclic) bond motifs is 2. The van der Waals surface area contributed by atoms with E-state index in [0.717, 1.165) is 0 Å². The highest BCUT2D eigenvalue weighted by atomic mass is 19.3. The Hall–Kier alpha value is -3.30. The van der Waals surface area contributed by atoms with E-state index in [1.807, 2.05) is 0 Å². The van der Waals surface area contributed by atoms with E-state index in [9.17, 15) is 13.2 Å². The fourth-order valence-electron chi connectivity index (χ4n) is 3.94. The summed E-state index contributed by atoms with van der Waals surface area (Å²) in [4.78, 5) is 16.0. The molecule has 1 saturated carbocycles. The zero-order valence-electron chi connectivity index (χ0n) is 16.1. The van der Waals surface area contributed by atoms with Gasteiger partial charge in [-0.05, 0) is 18.9 Å². The predicted molar refractivity (Wildman–Crippen MR) is 105 cm³/mol. The van der Waals surface area contributed by atoms with Crippen LogP contribution in [0.4, 0.5) is 19.1 Å². The predicted octanol–water partition coefficient (Wildman–Crippen LogP) is 4.41. The number of hydrogen-bond acceptors (Lipinski definition) is 5. The molecule has 0 radical (unpaired) electrons. The van der Waals surface area contributed by atoms with Crippen LogP contribution in [0.5, 0.6) is 5.88 Å². The second kappa shape index (κ2) is 6.89. The zero-order valence-corrected chi connectivity index (χ0v) is 16.1. The summed E-state index contributed by atoms with van der Waals surface area (Å²) in [6.45, 7) is 0. The smallest absolute Gasteiger partial charge is 0.248 e. The molecule has 0 unspecified atom stereocenters. The van der Waals surface area contributed by atoms with Gasteiger partial charge in [0, 0.05) is 54.8 Å². The quantitative estimate of drug-likeness (QED) is 0.515. The standard InChI is InChI=1S/C20H19F3N6O/c1-30-18-15-13(11-8-14(21)17-24-6-7-29(17)10-11)9-25-16(15)27-19(28-18)26-12-2-4-20(22,23)5-3-12/h6-10,12H,2-5H2,1H3,(H2,25,26,27,28). The lowest BCUT2D eigenvalue weighted by Gasteiger charge is -2.28. The van der Waals surface area contributed by atoms with Gasteiger partial charge in [0.1, 0.15) is 5.65 Å². The van der Waals surface area contributed by atoms with Crippen LogP contribution in [-0.4, -0.2) is 43.4 Å². The second-order valence-electron chi connectivity index (χ2n) is 7.49. The molecule has 156 valence electrons. The molecule has 1 fully saturated rings. The molecule has 7 nitrogen and oxygen atoms in total. The molecule has 0 aromatic carbocycles. The Balaban J connectivity index is 1.51. The fraction of sp³-hybridized carbons (Fsp3) is 0.350. The number of nitrogens with zero attached hydrogens (tertiary/aromatic N) is 4. The summed E-state index contributed by atoms with van der Waals surface area (Å²) < 4.78 is 48.3. The van der Waals surface area contributed by atoms with Crippen LogP contribution in [0, 0.1) is 5.82 Å². The SMILES string of the molecule is COc1nc(NC2CCC(F)(F)CC2)nc2[nH]cc(-c3cc(F)c4nccn4c3)c12. The van der Waals surface area contributed by atoms with Crippen LogP contribution in [0.2, 0.25) is 0 Å². The number of aromatic amines is 1. The molecule has 4 aromatic rings. The molecule has 0 aliphatic heterocycles. The van der Waals surface area contributed by atoms with E-state index in [4.69, 9.17) is 4.74 Å². The summed E-state index contributed by atoms with van der Waals surface area (Å²) in [6, 6.07) is 1.28. The van der Waals surface area contributed by atoms with Crippen LogP contribution in [0.1, 0.15) is 25.7 Å². The minimum absolute atomic E-state index is 0.126. The lowest BCUT2D eigenvalue weighted by Crippen LogP contribution is -2.32. The van der Waals surface area contributed by atoms with Crippen molar-refractivity contribution in [3.05, 3.63) is 36.7 Å². The number of rotatable bonds is 4. The van der Waals surface area contributed by atoms with Crippen LogP contribution in [-0.2, 0) is 0 Å². The largest absolute Gasteiger partial charge is 0.480 e. The Morgan fingerprint density at radius 2 is 2.07 bits per heavy atom. The highest BCUT2D eigenvalue weighted by Gasteiger charge is 2.35. The summed E-state index contributed by atoms with van der Waals surface area (Å²) >= 11 is 0. The topological polar surface area (TPSA) is 80.1 Å². The third-order valence-electron chi connectivity index (χ3n) is 5.50. The maximum Gasteiger partial charge on any atom is 0.248 e. The number of anilines is 1. The van der Waals surface area contributed by atoms with Crippen LogP contribution in [0.25, 0.3) is 27.8 Å². The molecule has 30 heavy (non-hydrogen) atoms. The number of pyridine rings is 1. The van der Waals surface area contributed by atoms with Gasteiger partial charge in [-0.25, -0.2) is 18.2 Å². The number of imidazole rings is 1. The van der Waals surface area contributed by atoms with Crippen molar-refractivity contribution in [1.29, 1.82) is 0 Å². The number of ether oxygens (including phenoxy) is 1. The first-order valence-electron chi connectivity index (χ1n) is 9.63. The lowest BCUT2D eigenvalue weighted by molar-refractivity contribution is -0.0361. The van der Waals surface area contributed by atoms with E-state index < -0.39 is 11.7 Å². The van der Waals surface area contributed by atoms with Crippen LogP contribution >= 0.6 is 0 Å². The molecule has 1 aliphatic carbocycles. The molecule has 4 heterocycles. The van der Waals surface area contributed by atoms with Gasteiger partial charge in [0.2, 0.25) is 17.8 Å². The van der Waals surface area contributed by atoms with Crippen LogP contribution < -0.4 is 10.1 Å². The van der Waals surface area contributed by atoms with Crippen molar-refractivity contribution < 1.29 is 17.9 Å². The normalized spacial score (nSPS) is 16.9. The molecule has 5 rings (SSSR count). The molecule has 0 amide bonds. The van der Waals surface area contributed by atoms with Crippen molar-refractivity contribution in [1.82, 2.24) is 24.3 Å². The van der Waals surface area contributed by atoms with Crippen LogP contribution in [0.15, 0.2) is 30.9 Å². The van der Waals surface area contributed by atoms with Gasteiger partial charge in [0.25, 0.3) is 0 Å². The number of halogens is 3. The third-order valence-corrected chi connectivity index (χ3v) is 5.50. The van der Waals surface area contributed by atoms with Gasteiger partial charge in [-0.2, -0.15) is 9.97 Å². The fourth-order valence-corrected chi connectivity index (χ4v) is 3.94. The molecule has 4 aromatic heterocycles. The highest BCUT2D eigenvalue weighted by molar-refractivity contribution is 5.97. The number of hydrogen-bond donors (Lipinski definition) is 2. The number of nitrogens with one attached hydrogen (secondary N) is 2. The van der Waals surface area contributed by atoms with Crippen molar-refractivity contribution in [2.45, 2.75) is 37.6 Å². The zero-order chi connectivity index (χ0) is 20.9. The average molecular weight is 416 g/mol. The van der Waals surface area contributed by atoms with Crippen molar-refractivity contribution >= 4 is 22.6 Å². The highest BCUT2D eigenvalue weighted by Crippen LogP contribution is 2.36. The van der Waals surface area contributed by atoms with E-state index in [0.29, 0.717) is 46.8 Å². The molecular weight excluding hydrogens is 397 g/mol. The monoisotopic (exact) mass is 416 g/mol. The Kier molecular flexibility index (Phi) is 4.30.